The number of furan rings is 1. The van der Waals surface area contributed by atoms with Crippen molar-refractivity contribution in [1.29, 1.82) is 0 Å². The Hall–Kier alpha value is -1.32. The molecule has 3 rings (SSSR count). The molecular formula is C15H9BrClFO. The zero-order valence-electron chi connectivity index (χ0n) is 9.79. The fourth-order valence-electron chi connectivity index (χ4n) is 2.02. The van der Waals surface area contributed by atoms with Crippen molar-refractivity contribution >= 4 is 38.5 Å². The first-order valence-electron chi connectivity index (χ1n) is 5.74. The summed E-state index contributed by atoms with van der Waals surface area (Å²) in [5.74, 6) is 0.419. The van der Waals surface area contributed by atoms with Gasteiger partial charge in [0, 0.05) is 16.3 Å². The second-order valence-corrected chi connectivity index (χ2v) is 5.55. The highest BCUT2D eigenvalue weighted by Crippen LogP contribution is 2.28. The van der Waals surface area contributed by atoms with E-state index in [9.17, 15) is 4.39 Å². The second-order valence-electron chi connectivity index (χ2n) is 4.29. The first-order valence-corrected chi connectivity index (χ1v) is 6.91. The molecule has 0 N–H and O–H groups in total. The number of rotatable bonds is 2. The summed E-state index contributed by atoms with van der Waals surface area (Å²) >= 11 is 9.26. The van der Waals surface area contributed by atoms with E-state index in [0.29, 0.717) is 6.42 Å². The topological polar surface area (TPSA) is 13.1 Å². The van der Waals surface area contributed by atoms with Gasteiger partial charge >= 0.3 is 0 Å². The van der Waals surface area contributed by atoms with Crippen molar-refractivity contribution in [2.24, 2.45) is 0 Å². The van der Waals surface area contributed by atoms with E-state index in [2.05, 4.69) is 15.9 Å². The minimum Gasteiger partial charge on any atom is -0.461 e. The molecule has 0 atom stereocenters. The number of fused-ring (bicyclic) bond motifs is 1. The summed E-state index contributed by atoms with van der Waals surface area (Å²) in [7, 11) is 0. The molecule has 0 saturated carbocycles. The number of benzene rings is 2. The Labute approximate surface area is 123 Å². The van der Waals surface area contributed by atoms with Gasteiger partial charge in [0.15, 0.2) is 0 Å². The molecule has 0 saturated heterocycles. The Morgan fingerprint density at radius 2 is 2.00 bits per heavy atom. The van der Waals surface area contributed by atoms with Crippen LogP contribution in [-0.4, -0.2) is 0 Å². The van der Waals surface area contributed by atoms with E-state index in [0.717, 1.165) is 26.8 Å². The van der Waals surface area contributed by atoms with Crippen molar-refractivity contribution in [2.75, 3.05) is 0 Å². The van der Waals surface area contributed by atoms with Crippen LogP contribution in [0.25, 0.3) is 11.0 Å². The lowest BCUT2D eigenvalue weighted by Crippen LogP contribution is -1.87. The Kier molecular flexibility index (Phi) is 3.33. The van der Waals surface area contributed by atoms with Crippen LogP contribution in [0.3, 0.4) is 0 Å². The summed E-state index contributed by atoms with van der Waals surface area (Å²) in [4.78, 5) is 0. The van der Waals surface area contributed by atoms with E-state index in [-0.39, 0.29) is 5.02 Å². The Bertz CT molecular complexity index is 751. The fourth-order valence-corrected chi connectivity index (χ4v) is 2.68. The molecule has 96 valence electrons. The maximum absolute atomic E-state index is 13.1. The van der Waals surface area contributed by atoms with E-state index in [1.165, 1.54) is 6.07 Å². The van der Waals surface area contributed by atoms with Crippen molar-refractivity contribution in [3.63, 3.8) is 0 Å². The Morgan fingerprint density at radius 1 is 1.16 bits per heavy atom. The van der Waals surface area contributed by atoms with E-state index in [1.54, 1.807) is 12.1 Å². The van der Waals surface area contributed by atoms with E-state index < -0.39 is 5.82 Å². The molecule has 1 aromatic heterocycles. The zero-order chi connectivity index (χ0) is 13.4. The third kappa shape index (κ3) is 2.53. The van der Waals surface area contributed by atoms with Gasteiger partial charge in [0.25, 0.3) is 0 Å². The van der Waals surface area contributed by atoms with E-state index >= 15 is 0 Å². The van der Waals surface area contributed by atoms with Gasteiger partial charge in [0.1, 0.15) is 17.2 Å². The molecule has 0 fully saturated rings. The molecule has 4 heteroatoms. The van der Waals surface area contributed by atoms with Crippen molar-refractivity contribution in [3.8, 4) is 0 Å². The highest BCUT2D eigenvalue weighted by molar-refractivity contribution is 9.10. The van der Waals surface area contributed by atoms with Crippen LogP contribution in [-0.2, 0) is 6.42 Å². The fraction of sp³-hybridized carbons (Fsp3) is 0.0667. The second kappa shape index (κ2) is 4.99. The normalized spacial score (nSPS) is 11.1. The molecule has 0 amide bonds. The highest BCUT2D eigenvalue weighted by atomic mass is 79.9. The van der Waals surface area contributed by atoms with Crippen molar-refractivity contribution in [1.82, 2.24) is 0 Å². The molecule has 1 heterocycles. The van der Waals surface area contributed by atoms with Crippen LogP contribution in [0.5, 0.6) is 0 Å². The molecular weight excluding hydrogens is 331 g/mol. The summed E-state index contributed by atoms with van der Waals surface area (Å²) in [5.41, 5.74) is 1.75. The number of hydrogen-bond acceptors (Lipinski definition) is 1. The van der Waals surface area contributed by atoms with E-state index in [1.807, 2.05) is 24.3 Å². The summed E-state index contributed by atoms with van der Waals surface area (Å²) in [6, 6.07) is 12.5. The molecule has 3 aromatic rings. The lowest BCUT2D eigenvalue weighted by molar-refractivity contribution is 0.562. The van der Waals surface area contributed by atoms with Gasteiger partial charge in [0.2, 0.25) is 0 Å². The number of halogens is 3. The van der Waals surface area contributed by atoms with Crippen LogP contribution in [0, 0.1) is 5.82 Å². The van der Waals surface area contributed by atoms with Gasteiger partial charge in [-0.05, 0) is 35.9 Å². The van der Waals surface area contributed by atoms with Gasteiger partial charge in [-0.1, -0.05) is 39.7 Å². The van der Waals surface area contributed by atoms with Gasteiger partial charge in [-0.2, -0.15) is 0 Å². The van der Waals surface area contributed by atoms with Crippen LogP contribution in [0.1, 0.15) is 11.3 Å². The number of hydrogen-bond donors (Lipinski definition) is 0. The first kappa shape index (κ1) is 12.7. The smallest absolute Gasteiger partial charge is 0.141 e. The van der Waals surface area contributed by atoms with Gasteiger partial charge in [0.05, 0.1) is 5.02 Å². The molecule has 0 bridgehead atoms. The summed E-state index contributed by atoms with van der Waals surface area (Å²) < 4.78 is 19.8. The van der Waals surface area contributed by atoms with Gasteiger partial charge in [-0.3, -0.25) is 0 Å². The zero-order valence-corrected chi connectivity index (χ0v) is 12.1. The SMILES string of the molecule is Fc1ccc(Cc2cc3c(Br)cccc3o2)cc1Cl. The van der Waals surface area contributed by atoms with Crippen molar-refractivity contribution in [2.45, 2.75) is 6.42 Å². The largest absolute Gasteiger partial charge is 0.461 e. The summed E-state index contributed by atoms with van der Waals surface area (Å²) in [6.07, 6.45) is 0.584. The summed E-state index contributed by atoms with van der Waals surface area (Å²) in [6.45, 7) is 0. The average Bonchev–Trinajstić information content (AvgIpc) is 2.78. The molecule has 0 spiro atoms. The molecule has 19 heavy (non-hydrogen) atoms. The van der Waals surface area contributed by atoms with Crippen LogP contribution in [0.15, 0.2) is 51.4 Å². The Balaban J connectivity index is 1.96. The minimum atomic E-state index is -0.405. The molecule has 0 aliphatic heterocycles. The molecule has 0 unspecified atom stereocenters. The predicted octanol–water partition coefficient (Wildman–Crippen LogP) is 5.58. The lowest BCUT2D eigenvalue weighted by Gasteiger charge is -2.00. The van der Waals surface area contributed by atoms with Crippen LogP contribution >= 0.6 is 27.5 Å². The Morgan fingerprint density at radius 3 is 2.74 bits per heavy atom. The third-order valence-corrected chi connectivity index (χ3v) is 3.90. The average molecular weight is 340 g/mol. The highest BCUT2D eigenvalue weighted by Gasteiger charge is 2.08. The standard InChI is InChI=1S/C15H9BrClFO/c16-12-2-1-3-15-11(12)8-10(19-15)6-9-4-5-14(18)13(17)7-9/h1-5,7-8H,6H2. The quantitative estimate of drug-likeness (QED) is 0.594. The van der Waals surface area contributed by atoms with Crippen LogP contribution in [0.4, 0.5) is 4.39 Å². The van der Waals surface area contributed by atoms with Gasteiger partial charge < -0.3 is 4.42 Å². The molecule has 0 aliphatic rings. The maximum Gasteiger partial charge on any atom is 0.141 e. The first-order chi connectivity index (χ1) is 9.13. The summed E-state index contributed by atoms with van der Waals surface area (Å²) in [5, 5.41) is 1.17. The predicted molar refractivity (Wildman–Crippen MR) is 78.1 cm³/mol. The molecule has 0 radical (unpaired) electrons. The van der Waals surface area contributed by atoms with Crippen LogP contribution in [0.2, 0.25) is 5.02 Å². The van der Waals surface area contributed by atoms with Gasteiger partial charge in [-0.15, -0.1) is 0 Å². The molecule has 2 aromatic carbocycles. The van der Waals surface area contributed by atoms with Crippen LogP contribution < -0.4 is 0 Å². The van der Waals surface area contributed by atoms with Gasteiger partial charge in [-0.25, -0.2) is 4.39 Å². The molecule has 1 nitrogen and oxygen atoms in total. The maximum atomic E-state index is 13.1. The van der Waals surface area contributed by atoms with Crippen molar-refractivity contribution < 1.29 is 8.81 Å². The van der Waals surface area contributed by atoms with E-state index in [4.69, 9.17) is 16.0 Å². The molecule has 0 aliphatic carbocycles. The lowest BCUT2D eigenvalue weighted by atomic mass is 10.1. The monoisotopic (exact) mass is 338 g/mol. The van der Waals surface area contributed by atoms with Crippen molar-refractivity contribution in [3.05, 3.63) is 69.1 Å². The third-order valence-electron chi connectivity index (χ3n) is 2.92. The minimum absolute atomic E-state index is 0.134.